The van der Waals surface area contributed by atoms with Crippen LogP contribution in [0.3, 0.4) is 0 Å². The molecule has 62 valence electrons. The lowest BCUT2D eigenvalue weighted by atomic mass is 9.98. The van der Waals surface area contributed by atoms with E-state index in [-0.39, 0.29) is 0 Å². The molecule has 1 heteroatoms. The summed E-state index contributed by atoms with van der Waals surface area (Å²) in [4.78, 5) is 0. The lowest BCUT2D eigenvalue weighted by molar-refractivity contribution is 0.683. The van der Waals surface area contributed by atoms with Gasteiger partial charge in [-0.05, 0) is 18.1 Å². The van der Waals surface area contributed by atoms with Gasteiger partial charge in [0.2, 0.25) is 0 Å². The minimum atomic E-state index is 0.815. The molecule has 2 rings (SSSR count). The van der Waals surface area contributed by atoms with Crippen LogP contribution in [0.25, 0.3) is 0 Å². The summed E-state index contributed by atoms with van der Waals surface area (Å²) in [5.74, 6) is 2.21. The molecule has 0 spiro atoms. The zero-order chi connectivity index (χ0) is 8.10. The molecule has 0 nitrogen and oxygen atoms in total. The van der Waals surface area contributed by atoms with Crippen LogP contribution in [0.1, 0.15) is 20.3 Å². The molecule has 0 amide bonds. The predicted octanol–water partition coefficient (Wildman–Crippen LogP) is 3.26. The first-order valence-corrected chi connectivity index (χ1v) is 5.48. The fourth-order valence-electron chi connectivity index (χ4n) is 1.41. The third-order valence-electron chi connectivity index (χ3n) is 1.95. The van der Waals surface area contributed by atoms with E-state index in [4.69, 9.17) is 0 Å². The summed E-state index contributed by atoms with van der Waals surface area (Å²) in [6.07, 6.45) is 10.4. The van der Waals surface area contributed by atoms with Crippen LogP contribution in [-0.4, -0.2) is 11.0 Å². The number of hydrogen-bond donors (Lipinski definition) is 0. The summed E-state index contributed by atoms with van der Waals surface area (Å²) in [6.45, 7) is 4.00. The van der Waals surface area contributed by atoms with Gasteiger partial charge in [-0.2, -0.15) is 11.8 Å². The number of fused-ring (bicyclic) bond motifs is 1. The molecule has 1 aliphatic heterocycles. The van der Waals surface area contributed by atoms with E-state index in [1.807, 2.05) is 13.8 Å². The van der Waals surface area contributed by atoms with Gasteiger partial charge in [-0.25, -0.2) is 0 Å². The topological polar surface area (TPSA) is 0 Å². The smallest absolute Gasteiger partial charge is 0.0293 e. The third kappa shape index (κ3) is 2.13. The van der Waals surface area contributed by atoms with E-state index < -0.39 is 0 Å². The van der Waals surface area contributed by atoms with E-state index in [0.717, 1.165) is 11.2 Å². The first kappa shape index (κ1) is 8.92. The summed E-state index contributed by atoms with van der Waals surface area (Å²) in [7, 11) is 0. The van der Waals surface area contributed by atoms with Gasteiger partial charge in [-0.3, -0.25) is 0 Å². The molecule has 1 saturated heterocycles. The second-order valence-corrected chi connectivity index (χ2v) is 3.84. The van der Waals surface area contributed by atoms with Crippen LogP contribution in [0.2, 0.25) is 0 Å². The number of allylic oxidation sites excluding steroid dienone is 3. The van der Waals surface area contributed by atoms with E-state index >= 15 is 0 Å². The fourth-order valence-corrected chi connectivity index (χ4v) is 2.77. The second kappa shape index (κ2) is 4.66. The Morgan fingerprint density at radius 3 is 2.64 bits per heavy atom. The van der Waals surface area contributed by atoms with Crippen LogP contribution in [0, 0.1) is 5.92 Å². The monoisotopic (exact) mass is 168 g/mol. The fraction of sp³-hybridized carbons (Fsp3) is 0.600. The van der Waals surface area contributed by atoms with E-state index in [1.165, 1.54) is 12.2 Å². The largest absolute Gasteiger partial charge is 0.154 e. The molecule has 2 atom stereocenters. The van der Waals surface area contributed by atoms with Gasteiger partial charge in [0.1, 0.15) is 0 Å². The Morgan fingerprint density at radius 2 is 1.91 bits per heavy atom. The Labute approximate surface area is 73.8 Å². The average Bonchev–Trinajstić information content (AvgIpc) is 2.55. The first-order chi connectivity index (χ1) is 5.47. The van der Waals surface area contributed by atoms with Crippen LogP contribution in [0.5, 0.6) is 0 Å². The van der Waals surface area contributed by atoms with Gasteiger partial charge < -0.3 is 0 Å². The molecule has 1 aliphatic carbocycles. The highest BCUT2D eigenvalue weighted by Gasteiger charge is 2.24. The van der Waals surface area contributed by atoms with Gasteiger partial charge in [0.05, 0.1) is 0 Å². The number of thioether (sulfide) groups is 1. The van der Waals surface area contributed by atoms with E-state index in [9.17, 15) is 0 Å². The van der Waals surface area contributed by atoms with Gasteiger partial charge in [0, 0.05) is 5.25 Å². The Morgan fingerprint density at radius 1 is 1.18 bits per heavy atom. The van der Waals surface area contributed by atoms with Crippen molar-refractivity contribution in [2.24, 2.45) is 5.92 Å². The average molecular weight is 168 g/mol. The highest BCUT2D eigenvalue weighted by molar-refractivity contribution is 8.00. The maximum atomic E-state index is 2.34. The Hall–Kier alpha value is -0.170. The molecule has 2 aliphatic rings. The van der Waals surface area contributed by atoms with E-state index in [0.29, 0.717) is 0 Å². The van der Waals surface area contributed by atoms with Gasteiger partial charge in [-0.1, -0.05) is 38.2 Å². The maximum Gasteiger partial charge on any atom is 0.0293 e. The zero-order valence-electron chi connectivity index (χ0n) is 7.29. The SMILES string of the molecule is C1=CC2CCSC2C=C1.CC. The molecule has 0 N–H and O–H groups in total. The normalized spacial score (nSPS) is 32.5. The number of hydrogen-bond acceptors (Lipinski definition) is 1. The summed E-state index contributed by atoms with van der Waals surface area (Å²) in [5, 5.41) is 0.815. The van der Waals surface area contributed by atoms with Crippen LogP contribution in [0.4, 0.5) is 0 Å². The van der Waals surface area contributed by atoms with Crippen molar-refractivity contribution in [3.63, 3.8) is 0 Å². The molecule has 1 heterocycles. The van der Waals surface area contributed by atoms with Crippen molar-refractivity contribution in [3.8, 4) is 0 Å². The first-order valence-electron chi connectivity index (χ1n) is 4.43. The minimum Gasteiger partial charge on any atom is -0.154 e. The van der Waals surface area contributed by atoms with Crippen molar-refractivity contribution in [1.29, 1.82) is 0 Å². The highest BCUT2D eigenvalue weighted by atomic mass is 32.2. The molecule has 1 fully saturated rings. The molecule has 0 bridgehead atoms. The van der Waals surface area contributed by atoms with Crippen LogP contribution in [-0.2, 0) is 0 Å². The highest BCUT2D eigenvalue weighted by Crippen LogP contribution is 2.35. The van der Waals surface area contributed by atoms with Crippen molar-refractivity contribution >= 4 is 11.8 Å². The Balaban J connectivity index is 0.000000281. The summed E-state index contributed by atoms with van der Waals surface area (Å²) in [6, 6.07) is 0. The molecule has 0 aromatic rings. The van der Waals surface area contributed by atoms with Crippen molar-refractivity contribution in [1.82, 2.24) is 0 Å². The van der Waals surface area contributed by atoms with Crippen molar-refractivity contribution in [2.75, 3.05) is 5.75 Å². The van der Waals surface area contributed by atoms with Gasteiger partial charge in [0.15, 0.2) is 0 Å². The quantitative estimate of drug-likeness (QED) is 0.535. The predicted molar refractivity (Wildman–Crippen MR) is 54.0 cm³/mol. The summed E-state index contributed by atoms with van der Waals surface area (Å²) in [5.41, 5.74) is 0. The lowest BCUT2D eigenvalue weighted by Crippen LogP contribution is -2.07. The maximum absolute atomic E-state index is 2.34. The minimum absolute atomic E-state index is 0.815. The summed E-state index contributed by atoms with van der Waals surface area (Å²) >= 11 is 2.09. The van der Waals surface area contributed by atoms with Crippen LogP contribution >= 0.6 is 11.8 Å². The standard InChI is InChI=1S/C8H10S.C2H6/c1-2-4-8-7(3-1)5-6-9-8;1-2/h1-4,7-8H,5-6H2;1-2H3. The van der Waals surface area contributed by atoms with Crippen molar-refractivity contribution < 1.29 is 0 Å². The molecular weight excluding hydrogens is 152 g/mol. The molecule has 0 aromatic heterocycles. The van der Waals surface area contributed by atoms with Crippen LogP contribution < -0.4 is 0 Å². The van der Waals surface area contributed by atoms with E-state index in [1.54, 1.807) is 0 Å². The zero-order valence-corrected chi connectivity index (χ0v) is 8.10. The number of rotatable bonds is 0. The summed E-state index contributed by atoms with van der Waals surface area (Å²) < 4.78 is 0. The van der Waals surface area contributed by atoms with Crippen molar-refractivity contribution in [3.05, 3.63) is 24.3 Å². The molecule has 0 saturated carbocycles. The van der Waals surface area contributed by atoms with E-state index in [2.05, 4.69) is 36.1 Å². The molecule has 0 radical (unpaired) electrons. The van der Waals surface area contributed by atoms with Gasteiger partial charge >= 0.3 is 0 Å². The van der Waals surface area contributed by atoms with Gasteiger partial charge in [-0.15, -0.1) is 0 Å². The second-order valence-electron chi connectivity index (χ2n) is 2.56. The molecule has 0 aromatic carbocycles. The Bertz CT molecular complexity index is 140. The third-order valence-corrected chi connectivity index (χ3v) is 3.32. The lowest BCUT2D eigenvalue weighted by Gasteiger charge is -2.12. The van der Waals surface area contributed by atoms with Gasteiger partial charge in [0.25, 0.3) is 0 Å². The molecule has 11 heavy (non-hydrogen) atoms. The molecule has 2 unspecified atom stereocenters. The van der Waals surface area contributed by atoms with Crippen LogP contribution in [0.15, 0.2) is 24.3 Å². The Kier molecular flexibility index (Phi) is 3.78. The molecular formula is C10H16S. The van der Waals surface area contributed by atoms with Crippen molar-refractivity contribution in [2.45, 2.75) is 25.5 Å².